The summed E-state index contributed by atoms with van der Waals surface area (Å²) in [4.78, 5) is 11.8. The number of anilines is 3. The molecule has 0 saturated carbocycles. The van der Waals surface area contributed by atoms with Gasteiger partial charge in [0.25, 0.3) is 0 Å². The van der Waals surface area contributed by atoms with E-state index in [9.17, 15) is 9.18 Å². The fourth-order valence-corrected chi connectivity index (χ4v) is 1.85. The Kier molecular flexibility index (Phi) is 4.32. The van der Waals surface area contributed by atoms with Crippen LogP contribution in [0.5, 0.6) is 0 Å². The molecule has 0 aliphatic heterocycles. The summed E-state index contributed by atoms with van der Waals surface area (Å²) in [6, 6.07) is 7.78. The number of hydrogen-bond acceptors (Lipinski definition) is 2. The molecule has 20 heavy (non-hydrogen) atoms. The molecule has 0 radical (unpaired) electrons. The quantitative estimate of drug-likeness (QED) is 0.721. The Morgan fingerprint density at radius 2 is 1.75 bits per heavy atom. The molecular weight excluding hydrogens is 304 g/mol. The van der Waals surface area contributed by atoms with Crippen molar-refractivity contribution in [3.8, 4) is 0 Å². The summed E-state index contributed by atoms with van der Waals surface area (Å²) in [5.41, 5.74) is 6.36. The maximum Gasteiger partial charge on any atom is 0.323 e. The van der Waals surface area contributed by atoms with Gasteiger partial charge < -0.3 is 16.4 Å². The lowest BCUT2D eigenvalue weighted by Gasteiger charge is -2.11. The molecule has 0 aliphatic rings. The minimum absolute atomic E-state index is 0.123. The predicted octanol–water partition coefficient (Wildman–Crippen LogP) is 4.36. The van der Waals surface area contributed by atoms with E-state index in [2.05, 4.69) is 10.6 Å². The van der Waals surface area contributed by atoms with Crippen molar-refractivity contribution in [1.29, 1.82) is 0 Å². The topological polar surface area (TPSA) is 67.1 Å². The van der Waals surface area contributed by atoms with E-state index in [1.54, 1.807) is 12.1 Å². The molecule has 0 spiro atoms. The Morgan fingerprint density at radius 1 is 1.05 bits per heavy atom. The molecule has 0 unspecified atom stereocenters. The average Bonchev–Trinajstić information content (AvgIpc) is 2.37. The lowest BCUT2D eigenvalue weighted by Crippen LogP contribution is -2.20. The Morgan fingerprint density at radius 3 is 2.45 bits per heavy atom. The first-order valence-corrected chi connectivity index (χ1v) is 6.29. The number of amides is 2. The van der Waals surface area contributed by atoms with E-state index in [1.807, 2.05) is 0 Å². The number of carbonyl (C=O) groups is 1. The van der Waals surface area contributed by atoms with E-state index in [4.69, 9.17) is 28.9 Å². The second kappa shape index (κ2) is 5.98. The Balaban J connectivity index is 2.11. The maximum absolute atomic E-state index is 12.9. The minimum Gasteiger partial charge on any atom is -0.397 e. The number of nitrogens with one attached hydrogen (secondary N) is 2. The number of halogens is 3. The fourth-order valence-electron chi connectivity index (χ4n) is 1.52. The van der Waals surface area contributed by atoms with Crippen LogP contribution in [0.15, 0.2) is 36.4 Å². The van der Waals surface area contributed by atoms with E-state index in [0.29, 0.717) is 21.4 Å². The number of urea groups is 1. The first-order chi connectivity index (χ1) is 9.45. The highest BCUT2D eigenvalue weighted by molar-refractivity contribution is 6.35. The summed E-state index contributed by atoms with van der Waals surface area (Å²) >= 11 is 11.7. The molecular formula is C13H10Cl2FN3O. The third-order valence-corrected chi connectivity index (χ3v) is 3.00. The first kappa shape index (κ1) is 14.4. The highest BCUT2D eigenvalue weighted by Gasteiger charge is 2.08. The van der Waals surface area contributed by atoms with Crippen molar-refractivity contribution < 1.29 is 9.18 Å². The smallest absolute Gasteiger partial charge is 0.323 e. The molecule has 0 fully saturated rings. The maximum atomic E-state index is 12.9. The second-order valence-electron chi connectivity index (χ2n) is 3.93. The second-order valence-corrected chi connectivity index (χ2v) is 4.78. The van der Waals surface area contributed by atoms with Crippen molar-refractivity contribution in [2.24, 2.45) is 0 Å². The standard InChI is InChI=1S/C13H10Cl2FN3O/c14-7-1-3-9(15)12(5-7)19-13(20)18-11-4-2-8(16)6-10(11)17/h1-6H,17H2,(H2,18,19,20). The molecule has 2 aromatic rings. The van der Waals surface area contributed by atoms with Crippen LogP contribution < -0.4 is 16.4 Å². The van der Waals surface area contributed by atoms with Gasteiger partial charge in [0, 0.05) is 5.02 Å². The van der Waals surface area contributed by atoms with Crippen molar-refractivity contribution in [3.63, 3.8) is 0 Å². The largest absolute Gasteiger partial charge is 0.397 e. The van der Waals surface area contributed by atoms with Crippen LogP contribution in [-0.4, -0.2) is 6.03 Å². The zero-order valence-electron chi connectivity index (χ0n) is 10.1. The van der Waals surface area contributed by atoms with E-state index < -0.39 is 11.8 Å². The lowest BCUT2D eigenvalue weighted by atomic mass is 10.2. The van der Waals surface area contributed by atoms with Crippen molar-refractivity contribution in [2.45, 2.75) is 0 Å². The van der Waals surface area contributed by atoms with Crippen LogP contribution in [0, 0.1) is 5.82 Å². The summed E-state index contributed by atoms with van der Waals surface area (Å²) in [5, 5.41) is 5.79. The molecule has 0 aliphatic carbocycles. The Hall–Kier alpha value is -1.98. The van der Waals surface area contributed by atoms with Crippen molar-refractivity contribution >= 4 is 46.3 Å². The first-order valence-electron chi connectivity index (χ1n) is 5.54. The van der Waals surface area contributed by atoms with Gasteiger partial charge in [0.15, 0.2) is 0 Å². The van der Waals surface area contributed by atoms with Crippen molar-refractivity contribution in [2.75, 3.05) is 16.4 Å². The fraction of sp³-hybridized carbons (Fsp3) is 0. The van der Waals surface area contributed by atoms with Gasteiger partial charge >= 0.3 is 6.03 Å². The minimum atomic E-state index is -0.563. The molecule has 2 rings (SSSR count). The summed E-state index contributed by atoms with van der Waals surface area (Å²) in [7, 11) is 0. The zero-order valence-corrected chi connectivity index (χ0v) is 11.6. The summed E-state index contributed by atoms with van der Waals surface area (Å²) in [6.07, 6.45) is 0. The average molecular weight is 314 g/mol. The zero-order chi connectivity index (χ0) is 14.7. The molecule has 2 aromatic carbocycles. The van der Waals surface area contributed by atoms with Crippen molar-refractivity contribution in [3.05, 3.63) is 52.3 Å². The van der Waals surface area contributed by atoms with Gasteiger partial charge in [-0.3, -0.25) is 0 Å². The van der Waals surface area contributed by atoms with E-state index >= 15 is 0 Å². The molecule has 0 saturated heterocycles. The molecule has 0 atom stereocenters. The van der Waals surface area contributed by atoms with E-state index in [-0.39, 0.29) is 5.69 Å². The molecule has 4 N–H and O–H groups in total. The number of carbonyl (C=O) groups excluding carboxylic acids is 1. The predicted molar refractivity (Wildman–Crippen MR) is 79.9 cm³/mol. The molecule has 2 amide bonds. The highest BCUT2D eigenvalue weighted by atomic mass is 35.5. The van der Waals surface area contributed by atoms with Gasteiger partial charge in [-0.15, -0.1) is 0 Å². The Labute approximate surface area is 124 Å². The van der Waals surface area contributed by atoms with Gasteiger partial charge in [-0.2, -0.15) is 0 Å². The number of nitrogens with two attached hydrogens (primary N) is 1. The Bertz CT molecular complexity index is 664. The normalized spacial score (nSPS) is 10.2. The summed E-state index contributed by atoms with van der Waals surface area (Å²) < 4.78 is 12.9. The summed E-state index contributed by atoms with van der Waals surface area (Å²) in [5.74, 6) is -0.480. The number of rotatable bonds is 2. The molecule has 4 nitrogen and oxygen atoms in total. The molecule has 0 bridgehead atoms. The van der Waals surface area contributed by atoms with Gasteiger partial charge in [0.05, 0.1) is 22.1 Å². The van der Waals surface area contributed by atoms with Crippen LogP contribution in [0.2, 0.25) is 10.0 Å². The van der Waals surface area contributed by atoms with Gasteiger partial charge in [0.1, 0.15) is 5.82 Å². The third kappa shape index (κ3) is 3.53. The number of nitrogen functional groups attached to an aromatic ring is 1. The van der Waals surface area contributed by atoms with E-state index in [0.717, 1.165) is 6.07 Å². The highest BCUT2D eigenvalue weighted by Crippen LogP contribution is 2.26. The summed E-state index contributed by atoms with van der Waals surface area (Å²) in [6.45, 7) is 0. The number of hydrogen-bond donors (Lipinski definition) is 3. The van der Waals surface area contributed by atoms with E-state index in [1.165, 1.54) is 18.2 Å². The monoisotopic (exact) mass is 313 g/mol. The van der Waals surface area contributed by atoms with Gasteiger partial charge in [-0.05, 0) is 36.4 Å². The van der Waals surface area contributed by atoms with Crippen molar-refractivity contribution in [1.82, 2.24) is 0 Å². The SMILES string of the molecule is Nc1cc(F)ccc1NC(=O)Nc1cc(Cl)ccc1Cl. The van der Waals surface area contributed by atoms with Crippen LogP contribution in [0.25, 0.3) is 0 Å². The van der Waals surface area contributed by atoms with Crippen LogP contribution >= 0.6 is 23.2 Å². The van der Waals surface area contributed by atoms with Crippen LogP contribution in [0.1, 0.15) is 0 Å². The lowest BCUT2D eigenvalue weighted by molar-refractivity contribution is 0.262. The van der Waals surface area contributed by atoms with Gasteiger partial charge in [-0.1, -0.05) is 23.2 Å². The molecule has 0 heterocycles. The molecule has 0 aromatic heterocycles. The third-order valence-electron chi connectivity index (χ3n) is 2.44. The molecule has 104 valence electrons. The van der Waals surface area contributed by atoms with Crippen LogP contribution in [0.4, 0.5) is 26.2 Å². The number of benzene rings is 2. The van der Waals surface area contributed by atoms with Crippen LogP contribution in [-0.2, 0) is 0 Å². The van der Waals surface area contributed by atoms with Gasteiger partial charge in [0.2, 0.25) is 0 Å². The van der Waals surface area contributed by atoms with Crippen LogP contribution in [0.3, 0.4) is 0 Å². The molecule has 7 heteroatoms. The van der Waals surface area contributed by atoms with Gasteiger partial charge in [-0.25, -0.2) is 9.18 Å².